The molecule has 1 saturated carbocycles. The summed E-state index contributed by atoms with van der Waals surface area (Å²) in [5.74, 6) is -0.939. The number of aliphatic hydroxyl groups excluding tert-OH is 1. The molecule has 10 heteroatoms. The maximum absolute atomic E-state index is 12.2. The van der Waals surface area contributed by atoms with Crippen molar-refractivity contribution < 1.29 is 23.1 Å². The molecule has 3 atom stereocenters. The maximum Gasteiger partial charge on any atom is 0.223 e. The molecule has 1 aromatic rings. The quantitative estimate of drug-likeness (QED) is 0.449. The van der Waals surface area contributed by atoms with Gasteiger partial charge in [0.25, 0.3) is 0 Å². The van der Waals surface area contributed by atoms with Crippen LogP contribution in [0.1, 0.15) is 24.8 Å². The van der Waals surface area contributed by atoms with E-state index >= 15 is 0 Å². The van der Waals surface area contributed by atoms with E-state index in [1.54, 1.807) is 18.5 Å². The summed E-state index contributed by atoms with van der Waals surface area (Å²) in [6.07, 6.45) is 4.09. The smallest absolute Gasteiger partial charge is 0.223 e. The predicted molar refractivity (Wildman–Crippen MR) is 94.2 cm³/mol. The number of nitrogens with zero attached hydrogens (tertiary/aromatic N) is 1. The Morgan fingerprint density at radius 3 is 2.77 bits per heavy atom. The van der Waals surface area contributed by atoms with Crippen LogP contribution in [-0.4, -0.2) is 55.3 Å². The summed E-state index contributed by atoms with van der Waals surface area (Å²) in [5, 5.41) is 15.5. The molecule has 1 aromatic heterocycles. The van der Waals surface area contributed by atoms with Crippen molar-refractivity contribution in [1.29, 1.82) is 0 Å². The van der Waals surface area contributed by atoms with E-state index in [0.717, 1.165) is 11.8 Å². The Kier molecular flexibility index (Phi) is 7.06. The molecule has 2 amide bonds. The van der Waals surface area contributed by atoms with Crippen LogP contribution in [0.4, 0.5) is 0 Å². The molecule has 0 saturated heterocycles. The Bertz CT molecular complexity index is 725. The summed E-state index contributed by atoms with van der Waals surface area (Å²) < 4.78 is 24.1. The van der Waals surface area contributed by atoms with Gasteiger partial charge in [0.1, 0.15) is 0 Å². The summed E-state index contributed by atoms with van der Waals surface area (Å²) in [4.78, 5) is 28.1. The lowest BCUT2D eigenvalue weighted by Crippen LogP contribution is -2.41. The van der Waals surface area contributed by atoms with E-state index in [4.69, 9.17) is 0 Å². The third kappa shape index (κ3) is 6.70. The van der Waals surface area contributed by atoms with Gasteiger partial charge in [0, 0.05) is 37.8 Å². The van der Waals surface area contributed by atoms with E-state index in [9.17, 15) is 23.1 Å². The molecule has 2 rings (SSSR count). The largest absolute Gasteiger partial charge is 0.391 e. The van der Waals surface area contributed by atoms with Gasteiger partial charge in [-0.3, -0.25) is 14.6 Å². The van der Waals surface area contributed by atoms with Crippen molar-refractivity contribution >= 4 is 21.8 Å². The molecule has 1 heterocycles. The zero-order valence-electron chi connectivity index (χ0n) is 14.5. The first kappa shape index (κ1) is 20.3. The molecule has 0 aromatic carbocycles. The lowest BCUT2D eigenvalue weighted by atomic mass is 10.1. The molecule has 0 bridgehead atoms. The summed E-state index contributed by atoms with van der Waals surface area (Å²) in [5.41, 5.74) is 0.877. The molecule has 1 fully saturated rings. The summed E-state index contributed by atoms with van der Waals surface area (Å²) in [6.45, 7) is 0.343. The fourth-order valence-electron chi connectivity index (χ4n) is 2.85. The standard InChI is InChI=1S/C16H24N4O5S/c1-26(24,25)19-6-4-15(22)20-13-7-12(8-14(13)21)16(23)18-10-11-3-2-5-17-9-11/h2-3,5,9,12-14,19,21H,4,6-8,10H2,1H3,(H,18,23)(H,20,22)/t12-,13-,14-/m0/s1. The van der Waals surface area contributed by atoms with Crippen LogP contribution in [0.25, 0.3) is 0 Å². The maximum atomic E-state index is 12.2. The van der Waals surface area contributed by atoms with Gasteiger partial charge in [-0.1, -0.05) is 6.07 Å². The van der Waals surface area contributed by atoms with E-state index in [0.29, 0.717) is 13.0 Å². The third-order valence-electron chi connectivity index (χ3n) is 4.15. The number of hydrogen-bond acceptors (Lipinski definition) is 6. The van der Waals surface area contributed by atoms with Crippen molar-refractivity contribution in [3.8, 4) is 0 Å². The summed E-state index contributed by atoms with van der Waals surface area (Å²) >= 11 is 0. The molecular weight excluding hydrogens is 360 g/mol. The van der Waals surface area contributed by atoms with Crippen molar-refractivity contribution in [1.82, 2.24) is 20.3 Å². The van der Waals surface area contributed by atoms with Gasteiger partial charge in [-0.25, -0.2) is 13.1 Å². The van der Waals surface area contributed by atoms with Crippen LogP contribution >= 0.6 is 0 Å². The first-order valence-electron chi connectivity index (χ1n) is 8.33. The average molecular weight is 384 g/mol. The number of aliphatic hydroxyl groups is 1. The van der Waals surface area contributed by atoms with Crippen molar-refractivity contribution in [2.45, 2.75) is 38.0 Å². The van der Waals surface area contributed by atoms with Gasteiger partial charge in [0.05, 0.1) is 18.4 Å². The van der Waals surface area contributed by atoms with Gasteiger partial charge < -0.3 is 15.7 Å². The number of carbonyl (C=O) groups is 2. The minimum atomic E-state index is -3.34. The van der Waals surface area contributed by atoms with Crippen molar-refractivity contribution in [2.75, 3.05) is 12.8 Å². The minimum absolute atomic E-state index is 0.0114. The van der Waals surface area contributed by atoms with Crippen LogP contribution in [0, 0.1) is 5.92 Å². The topological polar surface area (TPSA) is 137 Å². The van der Waals surface area contributed by atoms with Crippen LogP contribution in [0.3, 0.4) is 0 Å². The number of nitrogens with one attached hydrogen (secondary N) is 3. The molecule has 1 aliphatic carbocycles. The zero-order valence-corrected chi connectivity index (χ0v) is 15.3. The van der Waals surface area contributed by atoms with Crippen LogP contribution in [0.15, 0.2) is 24.5 Å². The van der Waals surface area contributed by atoms with Gasteiger partial charge in [0.15, 0.2) is 0 Å². The van der Waals surface area contributed by atoms with Gasteiger partial charge in [0.2, 0.25) is 21.8 Å². The highest BCUT2D eigenvalue weighted by molar-refractivity contribution is 7.88. The highest BCUT2D eigenvalue weighted by Gasteiger charge is 2.37. The van der Waals surface area contributed by atoms with Gasteiger partial charge >= 0.3 is 0 Å². The number of pyridine rings is 1. The van der Waals surface area contributed by atoms with Gasteiger partial charge in [-0.2, -0.15) is 0 Å². The number of sulfonamides is 1. The Morgan fingerprint density at radius 1 is 1.35 bits per heavy atom. The van der Waals surface area contributed by atoms with Crippen LogP contribution < -0.4 is 15.4 Å². The second-order valence-electron chi connectivity index (χ2n) is 6.41. The minimum Gasteiger partial charge on any atom is -0.391 e. The average Bonchev–Trinajstić information content (AvgIpc) is 2.93. The normalized spacial score (nSPS) is 22.8. The van der Waals surface area contributed by atoms with Crippen LogP contribution in [0.5, 0.6) is 0 Å². The zero-order chi connectivity index (χ0) is 19.2. The Hall–Kier alpha value is -2.04. The number of aromatic nitrogens is 1. The predicted octanol–water partition coefficient (Wildman–Crippen LogP) is -1.11. The number of rotatable bonds is 8. The van der Waals surface area contributed by atoms with Crippen molar-refractivity contribution in [3.63, 3.8) is 0 Å². The van der Waals surface area contributed by atoms with E-state index in [2.05, 4.69) is 20.3 Å². The summed E-state index contributed by atoms with van der Waals surface area (Å²) in [7, 11) is -3.34. The van der Waals surface area contributed by atoms with Crippen LogP contribution in [0.2, 0.25) is 0 Å². The Labute approximate surface area is 152 Å². The second-order valence-corrected chi connectivity index (χ2v) is 8.24. The van der Waals surface area contributed by atoms with E-state index in [-0.39, 0.29) is 37.1 Å². The Morgan fingerprint density at radius 2 is 2.12 bits per heavy atom. The third-order valence-corrected chi connectivity index (χ3v) is 4.88. The molecule has 4 N–H and O–H groups in total. The number of hydrogen-bond donors (Lipinski definition) is 4. The molecule has 26 heavy (non-hydrogen) atoms. The fraction of sp³-hybridized carbons (Fsp3) is 0.562. The number of carbonyl (C=O) groups excluding carboxylic acids is 2. The van der Waals surface area contributed by atoms with Gasteiger partial charge in [-0.15, -0.1) is 0 Å². The highest BCUT2D eigenvalue weighted by atomic mass is 32.2. The molecule has 0 unspecified atom stereocenters. The Balaban J connectivity index is 1.75. The van der Waals surface area contributed by atoms with E-state index in [1.165, 1.54) is 0 Å². The fourth-order valence-corrected chi connectivity index (χ4v) is 3.32. The molecule has 0 aliphatic heterocycles. The molecular formula is C16H24N4O5S. The van der Waals surface area contributed by atoms with E-state index in [1.807, 2.05) is 6.07 Å². The molecule has 0 radical (unpaired) electrons. The lowest BCUT2D eigenvalue weighted by molar-refractivity contribution is -0.125. The monoisotopic (exact) mass is 384 g/mol. The first-order chi connectivity index (χ1) is 12.2. The van der Waals surface area contributed by atoms with E-state index < -0.39 is 22.2 Å². The molecule has 9 nitrogen and oxygen atoms in total. The SMILES string of the molecule is CS(=O)(=O)NCCC(=O)N[C@H]1C[C@H](C(=O)NCc2cccnc2)C[C@@H]1O. The highest BCUT2D eigenvalue weighted by Crippen LogP contribution is 2.26. The first-order valence-corrected chi connectivity index (χ1v) is 10.2. The van der Waals surface area contributed by atoms with Crippen molar-refractivity contribution in [3.05, 3.63) is 30.1 Å². The molecule has 0 spiro atoms. The second kappa shape index (κ2) is 9.06. The van der Waals surface area contributed by atoms with Crippen molar-refractivity contribution in [2.24, 2.45) is 5.92 Å². The summed E-state index contributed by atoms with van der Waals surface area (Å²) in [6, 6.07) is 3.12. The van der Waals surface area contributed by atoms with Gasteiger partial charge in [-0.05, 0) is 24.5 Å². The lowest BCUT2D eigenvalue weighted by Gasteiger charge is -2.16. The molecule has 144 valence electrons. The molecule has 1 aliphatic rings. The number of amides is 2. The van der Waals surface area contributed by atoms with Crippen LogP contribution in [-0.2, 0) is 26.2 Å².